The molecule has 0 amide bonds. The second-order valence-corrected chi connectivity index (χ2v) is 7.95. The van der Waals surface area contributed by atoms with Crippen molar-refractivity contribution in [2.75, 3.05) is 13.1 Å². The van der Waals surface area contributed by atoms with E-state index in [2.05, 4.69) is 73.2 Å². The van der Waals surface area contributed by atoms with Crippen LogP contribution in [-0.4, -0.2) is 13.1 Å². The van der Waals surface area contributed by atoms with Gasteiger partial charge in [0.05, 0.1) is 0 Å². The lowest BCUT2D eigenvalue weighted by molar-refractivity contribution is 0.0452. The summed E-state index contributed by atoms with van der Waals surface area (Å²) in [6.07, 6.45) is 2.62. The van der Waals surface area contributed by atoms with Crippen LogP contribution < -0.4 is 5.32 Å². The van der Waals surface area contributed by atoms with Crippen LogP contribution in [0.15, 0.2) is 28.7 Å². The Kier molecular flexibility index (Phi) is 4.42. The first-order valence-corrected chi connectivity index (χ1v) is 8.13. The lowest BCUT2D eigenvalue weighted by Gasteiger charge is -2.53. The van der Waals surface area contributed by atoms with Gasteiger partial charge in [-0.05, 0) is 48.4 Å². The maximum atomic E-state index is 3.56. The molecule has 1 aromatic rings. The topological polar surface area (TPSA) is 12.0 Å². The summed E-state index contributed by atoms with van der Waals surface area (Å²) in [4.78, 5) is 0. The van der Waals surface area contributed by atoms with Crippen LogP contribution in [-0.2, 0) is 5.41 Å². The van der Waals surface area contributed by atoms with Crippen LogP contribution in [0.3, 0.4) is 0 Å². The Morgan fingerprint density at radius 3 is 2.26 bits per heavy atom. The molecule has 0 aromatic heterocycles. The fourth-order valence-electron chi connectivity index (χ4n) is 3.15. The molecule has 1 aromatic carbocycles. The van der Waals surface area contributed by atoms with Gasteiger partial charge in [-0.1, -0.05) is 55.8 Å². The number of hydrogen-bond donors (Lipinski definition) is 1. The second-order valence-electron chi connectivity index (χ2n) is 7.04. The maximum Gasteiger partial charge on any atom is 0.0175 e. The molecule has 0 bridgehead atoms. The highest BCUT2D eigenvalue weighted by Crippen LogP contribution is 2.54. The van der Waals surface area contributed by atoms with Crippen molar-refractivity contribution < 1.29 is 0 Å². The zero-order valence-corrected chi connectivity index (χ0v) is 14.2. The number of likely N-dealkylation sites (N-methyl/N-ethyl adjacent to an activating group) is 1. The van der Waals surface area contributed by atoms with Crippen molar-refractivity contribution in [1.82, 2.24) is 5.32 Å². The smallest absolute Gasteiger partial charge is 0.0175 e. The highest BCUT2D eigenvalue weighted by molar-refractivity contribution is 9.10. The molecule has 0 atom stereocenters. The van der Waals surface area contributed by atoms with Crippen LogP contribution in [0.4, 0.5) is 0 Å². The highest BCUT2D eigenvalue weighted by Gasteiger charge is 2.48. The van der Waals surface area contributed by atoms with E-state index < -0.39 is 0 Å². The Hall–Kier alpha value is -0.340. The molecule has 1 nitrogen and oxygen atoms in total. The minimum Gasteiger partial charge on any atom is -0.316 e. The average Bonchev–Trinajstić information content (AvgIpc) is 2.28. The van der Waals surface area contributed by atoms with Gasteiger partial charge in [0, 0.05) is 16.4 Å². The van der Waals surface area contributed by atoms with E-state index in [1.165, 1.54) is 22.9 Å². The largest absolute Gasteiger partial charge is 0.316 e. The summed E-state index contributed by atoms with van der Waals surface area (Å²) in [5, 5.41) is 3.56. The molecule has 1 saturated carbocycles. The van der Waals surface area contributed by atoms with E-state index in [4.69, 9.17) is 0 Å². The predicted molar refractivity (Wildman–Crippen MR) is 86.5 cm³/mol. The number of halogens is 1. The standard InChI is InChI=1S/C17H26BrN/c1-5-19-12-17(10-14(11-17)16(2,3)4)13-6-8-15(18)9-7-13/h6-9,14,19H,5,10-12H2,1-4H3. The molecule has 1 aliphatic carbocycles. The molecule has 0 unspecified atom stereocenters. The Morgan fingerprint density at radius 2 is 1.79 bits per heavy atom. The number of nitrogens with one attached hydrogen (secondary N) is 1. The molecule has 2 rings (SSSR count). The molecule has 19 heavy (non-hydrogen) atoms. The number of hydrogen-bond acceptors (Lipinski definition) is 1. The number of rotatable bonds is 4. The van der Waals surface area contributed by atoms with E-state index in [-0.39, 0.29) is 0 Å². The summed E-state index contributed by atoms with van der Waals surface area (Å²) in [6.45, 7) is 11.5. The third-order valence-corrected chi connectivity index (χ3v) is 5.20. The molecule has 0 heterocycles. The third kappa shape index (κ3) is 3.22. The van der Waals surface area contributed by atoms with E-state index in [9.17, 15) is 0 Å². The fraction of sp³-hybridized carbons (Fsp3) is 0.647. The zero-order valence-electron chi connectivity index (χ0n) is 12.6. The minimum absolute atomic E-state index is 0.356. The van der Waals surface area contributed by atoms with Crippen molar-refractivity contribution in [3.63, 3.8) is 0 Å². The van der Waals surface area contributed by atoms with Crippen molar-refractivity contribution in [2.24, 2.45) is 11.3 Å². The van der Waals surface area contributed by atoms with Gasteiger partial charge in [-0.3, -0.25) is 0 Å². The summed E-state index contributed by atoms with van der Waals surface area (Å²) < 4.78 is 1.17. The van der Waals surface area contributed by atoms with Crippen LogP contribution >= 0.6 is 15.9 Å². The van der Waals surface area contributed by atoms with Crippen molar-refractivity contribution in [2.45, 2.75) is 46.0 Å². The fourth-order valence-corrected chi connectivity index (χ4v) is 3.41. The van der Waals surface area contributed by atoms with Gasteiger partial charge >= 0.3 is 0 Å². The molecule has 106 valence electrons. The minimum atomic E-state index is 0.356. The van der Waals surface area contributed by atoms with Gasteiger partial charge in [0.2, 0.25) is 0 Å². The van der Waals surface area contributed by atoms with Gasteiger partial charge < -0.3 is 5.32 Å². The van der Waals surface area contributed by atoms with Crippen LogP contribution in [0.5, 0.6) is 0 Å². The second kappa shape index (κ2) is 5.57. The monoisotopic (exact) mass is 323 g/mol. The predicted octanol–water partition coefficient (Wildman–Crippen LogP) is 4.75. The molecule has 1 fully saturated rings. The lowest BCUT2D eigenvalue weighted by atomic mass is 9.52. The molecule has 0 aliphatic heterocycles. The summed E-state index contributed by atoms with van der Waals surface area (Å²) in [5.41, 5.74) is 2.29. The molecule has 0 spiro atoms. The Labute approximate surface area is 126 Å². The summed E-state index contributed by atoms with van der Waals surface area (Å²) in [6, 6.07) is 8.93. The van der Waals surface area contributed by atoms with E-state index in [0.29, 0.717) is 10.8 Å². The Balaban J connectivity index is 2.16. The van der Waals surface area contributed by atoms with Crippen LogP contribution in [0.1, 0.15) is 46.1 Å². The third-order valence-electron chi connectivity index (χ3n) is 4.67. The van der Waals surface area contributed by atoms with Crippen molar-refractivity contribution in [1.29, 1.82) is 0 Å². The van der Waals surface area contributed by atoms with E-state index in [0.717, 1.165) is 19.0 Å². The molecule has 1 N–H and O–H groups in total. The Bertz CT molecular complexity index is 410. The molecular weight excluding hydrogens is 298 g/mol. The van der Waals surface area contributed by atoms with Crippen LogP contribution in [0.25, 0.3) is 0 Å². The van der Waals surface area contributed by atoms with Gasteiger partial charge in [0.15, 0.2) is 0 Å². The van der Waals surface area contributed by atoms with Crippen LogP contribution in [0, 0.1) is 11.3 Å². The zero-order chi connectivity index (χ0) is 14.1. The first kappa shape index (κ1) is 15.1. The van der Waals surface area contributed by atoms with E-state index in [1.807, 2.05) is 0 Å². The number of benzene rings is 1. The van der Waals surface area contributed by atoms with Crippen molar-refractivity contribution in [3.8, 4) is 0 Å². The summed E-state index contributed by atoms with van der Waals surface area (Å²) in [5.74, 6) is 0.842. The molecule has 1 aliphatic rings. The molecular formula is C17H26BrN. The van der Waals surface area contributed by atoms with Crippen LogP contribution in [0.2, 0.25) is 0 Å². The van der Waals surface area contributed by atoms with Crippen molar-refractivity contribution >= 4 is 15.9 Å². The van der Waals surface area contributed by atoms with E-state index >= 15 is 0 Å². The quantitative estimate of drug-likeness (QED) is 0.842. The Morgan fingerprint density at radius 1 is 1.21 bits per heavy atom. The SMILES string of the molecule is CCNCC1(c2ccc(Br)cc2)CC(C(C)(C)C)C1. The van der Waals surface area contributed by atoms with Gasteiger partial charge in [-0.15, -0.1) is 0 Å². The summed E-state index contributed by atoms with van der Waals surface area (Å²) in [7, 11) is 0. The first-order chi connectivity index (χ1) is 8.87. The lowest BCUT2D eigenvalue weighted by Crippen LogP contribution is -2.52. The van der Waals surface area contributed by atoms with Gasteiger partial charge in [0.1, 0.15) is 0 Å². The molecule has 0 radical (unpaired) electrons. The van der Waals surface area contributed by atoms with Gasteiger partial charge in [-0.2, -0.15) is 0 Å². The van der Waals surface area contributed by atoms with E-state index in [1.54, 1.807) is 0 Å². The van der Waals surface area contributed by atoms with Crippen molar-refractivity contribution in [3.05, 3.63) is 34.3 Å². The molecule has 2 heteroatoms. The average molecular weight is 324 g/mol. The summed E-state index contributed by atoms with van der Waals surface area (Å²) >= 11 is 3.53. The van der Waals surface area contributed by atoms with Gasteiger partial charge in [-0.25, -0.2) is 0 Å². The maximum absolute atomic E-state index is 3.56. The van der Waals surface area contributed by atoms with Gasteiger partial charge in [0.25, 0.3) is 0 Å². The first-order valence-electron chi connectivity index (χ1n) is 7.34. The normalized spacial score (nSPS) is 27.1. The highest BCUT2D eigenvalue weighted by atomic mass is 79.9. The molecule has 0 saturated heterocycles.